The summed E-state index contributed by atoms with van der Waals surface area (Å²) in [4.78, 5) is 41.5. The molecule has 0 spiro atoms. The first kappa shape index (κ1) is 21.9. The number of aromatic amines is 1. The second-order valence-corrected chi connectivity index (χ2v) is 6.13. The molecule has 11 nitrogen and oxygen atoms in total. The summed E-state index contributed by atoms with van der Waals surface area (Å²) in [5, 5.41) is 4.03. The highest BCUT2D eigenvalue weighted by atomic mass is 16.5. The summed E-state index contributed by atoms with van der Waals surface area (Å²) in [6.45, 7) is 2.47. The molecule has 0 fully saturated rings. The summed E-state index contributed by atoms with van der Waals surface area (Å²) in [5.74, 6) is 5.45. The molecule has 0 saturated carbocycles. The molecule has 1 aromatic carbocycles. The molecule has 0 saturated heterocycles. The fraction of sp³-hybridized carbons (Fsp3) is 0.333. The van der Waals surface area contributed by atoms with Crippen molar-refractivity contribution < 1.29 is 19.1 Å². The summed E-state index contributed by atoms with van der Waals surface area (Å²) in [6.07, 6.45) is 0.829. The van der Waals surface area contributed by atoms with Crippen LogP contribution < -0.4 is 32.2 Å². The molecule has 6 N–H and O–H groups in total. The molecule has 0 bridgehead atoms. The number of methoxy groups -OCH3 is 1. The number of carbonyl (C=O) groups is 2. The van der Waals surface area contributed by atoms with Gasteiger partial charge in [-0.2, -0.15) is 4.98 Å². The molecule has 0 aliphatic rings. The van der Waals surface area contributed by atoms with Gasteiger partial charge in [0.15, 0.2) is 5.82 Å². The standard InChI is InChI=1S/C18H24N6O5/c1-11(6-7-25)24(20)18-22-16(14(15(19)26)17(27)23-18)21-12-4-3-5-13(10-12)29-9-8-28-2/h3-5,7,10-11H,6,8-9,20H2,1-2H3,(H2,19,26)(H2,21,22,23,27)/t11-/m1/s1. The number of primary amides is 1. The number of H-pyrrole nitrogens is 1. The third-order valence-electron chi connectivity index (χ3n) is 3.96. The van der Waals surface area contributed by atoms with Crippen LogP contribution in [0.1, 0.15) is 23.7 Å². The van der Waals surface area contributed by atoms with Gasteiger partial charge >= 0.3 is 0 Å². The highest BCUT2D eigenvalue weighted by Crippen LogP contribution is 2.23. The lowest BCUT2D eigenvalue weighted by atomic mass is 10.2. The summed E-state index contributed by atoms with van der Waals surface area (Å²) >= 11 is 0. The Labute approximate surface area is 167 Å². The van der Waals surface area contributed by atoms with Crippen molar-refractivity contribution in [2.24, 2.45) is 11.6 Å². The zero-order valence-electron chi connectivity index (χ0n) is 16.2. The summed E-state index contributed by atoms with van der Waals surface area (Å²) in [6, 6.07) is 6.41. The molecular formula is C18H24N6O5. The maximum Gasteiger partial charge on any atom is 0.267 e. The molecule has 2 aromatic rings. The van der Waals surface area contributed by atoms with E-state index in [1.54, 1.807) is 38.3 Å². The van der Waals surface area contributed by atoms with Crippen LogP contribution in [-0.4, -0.2) is 48.5 Å². The molecule has 1 aromatic heterocycles. The highest BCUT2D eigenvalue weighted by molar-refractivity contribution is 5.98. The molecular weight excluding hydrogens is 380 g/mol. The van der Waals surface area contributed by atoms with Crippen LogP contribution >= 0.6 is 0 Å². The van der Waals surface area contributed by atoms with E-state index in [9.17, 15) is 14.4 Å². The normalized spacial score (nSPS) is 11.6. The number of hydrogen-bond donors (Lipinski definition) is 4. The van der Waals surface area contributed by atoms with Crippen molar-refractivity contribution in [1.82, 2.24) is 9.97 Å². The molecule has 1 atom stereocenters. The van der Waals surface area contributed by atoms with Gasteiger partial charge in [-0.3, -0.25) is 19.6 Å². The second-order valence-electron chi connectivity index (χ2n) is 6.13. The number of aldehydes is 1. The van der Waals surface area contributed by atoms with Crippen LogP contribution in [0.3, 0.4) is 0 Å². The molecule has 11 heteroatoms. The highest BCUT2D eigenvalue weighted by Gasteiger charge is 2.20. The smallest absolute Gasteiger partial charge is 0.267 e. The quantitative estimate of drug-likeness (QED) is 0.178. The molecule has 0 aliphatic carbocycles. The van der Waals surface area contributed by atoms with Gasteiger partial charge in [-0.15, -0.1) is 0 Å². The lowest BCUT2D eigenvalue weighted by Gasteiger charge is -2.23. The Kier molecular flexibility index (Phi) is 7.69. The van der Waals surface area contributed by atoms with Gasteiger partial charge in [0.2, 0.25) is 5.95 Å². The van der Waals surface area contributed by atoms with Crippen molar-refractivity contribution in [2.45, 2.75) is 19.4 Å². The Morgan fingerprint density at radius 2 is 2.17 bits per heavy atom. The number of aromatic nitrogens is 2. The molecule has 0 unspecified atom stereocenters. The number of hydrazine groups is 1. The van der Waals surface area contributed by atoms with Gasteiger partial charge in [0.1, 0.15) is 24.2 Å². The zero-order valence-corrected chi connectivity index (χ0v) is 16.2. The predicted octanol–water partition coefficient (Wildman–Crippen LogP) is 0.295. The number of nitrogens with one attached hydrogen (secondary N) is 2. The number of nitrogens with two attached hydrogens (primary N) is 2. The first-order valence-electron chi connectivity index (χ1n) is 8.77. The zero-order chi connectivity index (χ0) is 21.4. The number of amides is 1. The minimum absolute atomic E-state index is 0.0238. The largest absolute Gasteiger partial charge is 0.491 e. The SMILES string of the molecule is COCCOc1cccc(Nc2nc(N(N)[C@H](C)CC=O)[nH]c(=O)c2C(N)=O)c1. The van der Waals surface area contributed by atoms with Gasteiger partial charge in [0.05, 0.1) is 12.6 Å². The number of nitrogens with zero attached hydrogens (tertiary/aromatic N) is 2. The maximum absolute atomic E-state index is 12.4. The lowest BCUT2D eigenvalue weighted by Crippen LogP contribution is -2.42. The number of ether oxygens (including phenoxy) is 2. The molecule has 0 radical (unpaired) electrons. The van der Waals surface area contributed by atoms with Gasteiger partial charge in [-0.25, -0.2) is 5.84 Å². The summed E-state index contributed by atoms with van der Waals surface area (Å²) < 4.78 is 10.5. The van der Waals surface area contributed by atoms with Gasteiger partial charge in [-0.05, 0) is 19.1 Å². The van der Waals surface area contributed by atoms with Crippen molar-refractivity contribution >= 4 is 29.6 Å². The Bertz CT molecular complexity index is 916. The number of anilines is 3. The van der Waals surface area contributed by atoms with E-state index in [4.69, 9.17) is 21.1 Å². The van der Waals surface area contributed by atoms with E-state index in [0.717, 1.165) is 5.01 Å². The maximum atomic E-state index is 12.4. The van der Waals surface area contributed by atoms with Crippen molar-refractivity contribution in [3.05, 3.63) is 40.2 Å². The lowest BCUT2D eigenvalue weighted by molar-refractivity contribution is -0.108. The van der Waals surface area contributed by atoms with Crippen LogP contribution in [0.5, 0.6) is 5.75 Å². The molecule has 1 heterocycles. The van der Waals surface area contributed by atoms with Gasteiger partial charge in [0, 0.05) is 25.3 Å². The molecule has 2 rings (SSSR count). The van der Waals surface area contributed by atoms with Crippen LogP contribution in [-0.2, 0) is 9.53 Å². The average Bonchev–Trinajstić information content (AvgIpc) is 2.67. The van der Waals surface area contributed by atoms with Crippen molar-refractivity contribution in [3.63, 3.8) is 0 Å². The van der Waals surface area contributed by atoms with Crippen LogP contribution in [0.2, 0.25) is 0 Å². The fourth-order valence-electron chi connectivity index (χ4n) is 2.41. The van der Waals surface area contributed by atoms with E-state index in [-0.39, 0.29) is 23.8 Å². The Morgan fingerprint density at radius 3 is 2.83 bits per heavy atom. The monoisotopic (exact) mass is 404 g/mol. The third kappa shape index (κ3) is 5.77. The second kappa shape index (κ2) is 10.2. The van der Waals surface area contributed by atoms with Gasteiger partial charge in [0.25, 0.3) is 11.5 Å². The topological polar surface area (TPSA) is 166 Å². The van der Waals surface area contributed by atoms with E-state index < -0.39 is 17.5 Å². The molecule has 156 valence electrons. The number of carbonyl (C=O) groups excluding carboxylic acids is 2. The Balaban J connectivity index is 2.37. The first-order valence-corrected chi connectivity index (χ1v) is 8.77. The van der Waals surface area contributed by atoms with E-state index in [2.05, 4.69) is 15.3 Å². The minimum atomic E-state index is -0.954. The van der Waals surface area contributed by atoms with Crippen LogP contribution in [0.15, 0.2) is 29.1 Å². The third-order valence-corrected chi connectivity index (χ3v) is 3.96. The van der Waals surface area contributed by atoms with Crippen LogP contribution in [0.4, 0.5) is 17.5 Å². The van der Waals surface area contributed by atoms with Crippen molar-refractivity contribution in [2.75, 3.05) is 30.6 Å². The first-order chi connectivity index (χ1) is 13.9. The number of benzene rings is 1. The van der Waals surface area contributed by atoms with E-state index in [1.165, 1.54) is 0 Å². The van der Waals surface area contributed by atoms with Gasteiger partial charge < -0.3 is 25.3 Å². The van der Waals surface area contributed by atoms with E-state index >= 15 is 0 Å². The molecule has 1 amide bonds. The van der Waals surface area contributed by atoms with E-state index in [1.807, 2.05) is 0 Å². The molecule has 29 heavy (non-hydrogen) atoms. The number of hydrogen-bond acceptors (Lipinski definition) is 9. The predicted molar refractivity (Wildman–Crippen MR) is 107 cm³/mol. The van der Waals surface area contributed by atoms with Crippen molar-refractivity contribution in [1.29, 1.82) is 0 Å². The van der Waals surface area contributed by atoms with Crippen LogP contribution in [0, 0.1) is 0 Å². The van der Waals surface area contributed by atoms with Crippen LogP contribution in [0.25, 0.3) is 0 Å². The number of rotatable bonds is 11. The Morgan fingerprint density at radius 1 is 1.41 bits per heavy atom. The van der Waals surface area contributed by atoms with Gasteiger partial charge in [-0.1, -0.05) is 6.07 Å². The summed E-state index contributed by atoms with van der Waals surface area (Å²) in [7, 11) is 1.57. The molecule has 0 aliphatic heterocycles. The Hall–Kier alpha value is -3.44. The average molecular weight is 404 g/mol. The minimum Gasteiger partial charge on any atom is -0.491 e. The fourth-order valence-corrected chi connectivity index (χ4v) is 2.41. The summed E-state index contributed by atoms with van der Waals surface area (Å²) in [5.41, 5.74) is 4.75. The van der Waals surface area contributed by atoms with Crippen molar-refractivity contribution in [3.8, 4) is 5.75 Å². The van der Waals surface area contributed by atoms with E-state index in [0.29, 0.717) is 30.9 Å².